The van der Waals surface area contributed by atoms with Gasteiger partial charge >= 0.3 is 0 Å². The standard InChI is InChI=1S/C21H19N3O3/c1-15-4-2-5-17(12-15)14-24-11-3-6-19(21(24)27)20(26)23-22-13-16-7-9-18(25)10-8-16/h2-13,25H,14H2,1H3,(H,23,26)/b22-13-. The van der Waals surface area contributed by atoms with E-state index in [1.165, 1.54) is 29.0 Å². The Labute approximate surface area is 156 Å². The molecule has 6 heteroatoms. The summed E-state index contributed by atoms with van der Waals surface area (Å²) in [6.45, 7) is 2.38. The van der Waals surface area contributed by atoms with Crippen molar-refractivity contribution in [2.24, 2.45) is 5.10 Å². The number of phenols is 1. The van der Waals surface area contributed by atoms with Gasteiger partial charge in [0.25, 0.3) is 11.5 Å². The number of aromatic hydroxyl groups is 1. The van der Waals surface area contributed by atoms with Crippen LogP contribution in [0, 0.1) is 6.92 Å². The summed E-state index contributed by atoms with van der Waals surface area (Å²) in [7, 11) is 0. The predicted molar refractivity (Wildman–Crippen MR) is 104 cm³/mol. The highest BCUT2D eigenvalue weighted by Gasteiger charge is 2.11. The molecule has 27 heavy (non-hydrogen) atoms. The van der Waals surface area contributed by atoms with E-state index < -0.39 is 5.91 Å². The van der Waals surface area contributed by atoms with Crippen molar-refractivity contribution < 1.29 is 9.90 Å². The van der Waals surface area contributed by atoms with Gasteiger partial charge in [0.15, 0.2) is 0 Å². The smallest absolute Gasteiger partial charge is 0.276 e. The van der Waals surface area contributed by atoms with Crippen LogP contribution in [-0.4, -0.2) is 21.8 Å². The van der Waals surface area contributed by atoms with Gasteiger partial charge in [-0.3, -0.25) is 9.59 Å². The van der Waals surface area contributed by atoms with Gasteiger partial charge in [0.05, 0.1) is 12.8 Å². The molecular formula is C21H19N3O3. The monoisotopic (exact) mass is 361 g/mol. The molecule has 136 valence electrons. The molecule has 1 aromatic heterocycles. The molecule has 0 fully saturated rings. The summed E-state index contributed by atoms with van der Waals surface area (Å²) in [4.78, 5) is 24.9. The molecule has 3 rings (SSSR count). The summed E-state index contributed by atoms with van der Waals surface area (Å²) in [6.07, 6.45) is 3.09. The number of pyridine rings is 1. The Kier molecular flexibility index (Phi) is 5.47. The molecule has 2 N–H and O–H groups in total. The lowest BCUT2D eigenvalue weighted by Gasteiger charge is -2.08. The minimum atomic E-state index is -0.575. The number of carbonyl (C=O) groups is 1. The molecule has 0 unspecified atom stereocenters. The molecule has 0 saturated heterocycles. The van der Waals surface area contributed by atoms with Crippen LogP contribution in [0.2, 0.25) is 0 Å². The van der Waals surface area contributed by atoms with E-state index in [-0.39, 0.29) is 16.9 Å². The molecule has 6 nitrogen and oxygen atoms in total. The maximum absolute atomic E-state index is 12.6. The highest BCUT2D eigenvalue weighted by atomic mass is 16.3. The number of aryl methyl sites for hydroxylation is 1. The van der Waals surface area contributed by atoms with Gasteiger partial charge in [-0.2, -0.15) is 5.10 Å². The number of hydrogen-bond donors (Lipinski definition) is 2. The second-order valence-corrected chi connectivity index (χ2v) is 6.13. The number of hydrazone groups is 1. The van der Waals surface area contributed by atoms with Crippen molar-refractivity contribution in [3.8, 4) is 5.75 Å². The zero-order valence-corrected chi connectivity index (χ0v) is 14.8. The topological polar surface area (TPSA) is 83.7 Å². The van der Waals surface area contributed by atoms with Gasteiger partial charge in [0.2, 0.25) is 0 Å². The van der Waals surface area contributed by atoms with Crippen molar-refractivity contribution in [3.63, 3.8) is 0 Å². The van der Waals surface area contributed by atoms with E-state index in [0.717, 1.165) is 11.1 Å². The normalized spacial score (nSPS) is 10.9. The quantitative estimate of drug-likeness (QED) is 0.541. The van der Waals surface area contributed by atoms with Crippen LogP contribution in [0.4, 0.5) is 0 Å². The fourth-order valence-electron chi connectivity index (χ4n) is 2.63. The van der Waals surface area contributed by atoms with Gasteiger partial charge in [-0.1, -0.05) is 29.8 Å². The van der Waals surface area contributed by atoms with Gasteiger partial charge in [0.1, 0.15) is 11.3 Å². The minimum absolute atomic E-state index is 0.0213. The van der Waals surface area contributed by atoms with Crippen LogP contribution in [0.1, 0.15) is 27.0 Å². The average Bonchev–Trinajstić information content (AvgIpc) is 2.65. The summed E-state index contributed by atoms with van der Waals surface area (Å²) in [5.41, 5.74) is 4.80. The summed E-state index contributed by atoms with van der Waals surface area (Å²) >= 11 is 0. The summed E-state index contributed by atoms with van der Waals surface area (Å²) in [6, 6.07) is 17.3. The van der Waals surface area contributed by atoms with Crippen LogP contribution in [-0.2, 0) is 6.54 Å². The molecule has 0 saturated carbocycles. The third kappa shape index (κ3) is 4.70. The number of amides is 1. The third-order valence-corrected chi connectivity index (χ3v) is 3.97. The predicted octanol–water partition coefficient (Wildman–Crippen LogP) is 2.67. The molecule has 2 aromatic carbocycles. The Morgan fingerprint density at radius 2 is 1.93 bits per heavy atom. The Bertz CT molecular complexity index is 1040. The number of rotatable bonds is 5. The van der Waals surface area contributed by atoms with Crippen LogP contribution in [0.15, 0.2) is 76.8 Å². The van der Waals surface area contributed by atoms with E-state index in [4.69, 9.17) is 0 Å². The number of nitrogens with zero attached hydrogens (tertiary/aromatic N) is 2. The van der Waals surface area contributed by atoms with Crippen molar-refractivity contribution in [1.29, 1.82) is 0 Å². The van der Waals surface area contributed by atoms with Crippen LogP contribution in [0.3, 0.4) is 0 Å². The molecule has 0 atom stereocenters. The van der Waals surface area contributed by atoms with E-state index in [1.54, 1.807) is 24.4 Å². The minimum Gasteiger partial charge on any atom is -0.508 e. The van der Waals surface area contributed by atoms with E-state index in [0.29, 0.717) is 12.1 Å². The van der Waals surface area contributed by atoms with Crippen molar-refractivity contribution >= 4 is 12.1 Å². The molecule has 0 bridgehead atoms. The number of benzene rings is 2. The second kappa shape index (κ2) is 8.14. The molecule has 0 aliphatic rings. The van der Waals surface area contributed by atoms with E-state index >= 15 is 0 Å². The highest BCUT2D eigenvalue weighted by Crippen LogP contribution is 2.08. The third-order valence-electron chi connectivity index (χ3n) is 3.97. The van der Waals surface area contributed by atoms with E-state index in [9.17, 15) is 14.7 Å². The zero-order chi connectivity index (χ0) is 19.2. The average molecular weight is 361 g/mol. The highest BCUT2D eigenvalue weighted by molar-refractivity contribution is 5.94. The Morgan fingerprint density at radius 1 is 1.15 bits per heavy atom. The SMILES string of the molecule is Cc1cccc(Cn2cccc(C(=O)N/N=C\c3ccc(O)cc3)c2=O)c1. The second-order valence-electron chi connectivity index (χ2n) is 6.13. The summed E-state index contributed by atoms with van der Waals surface area (Å²) in [5.74, 6) is -0.428. The number of hydrogen-bond acceptors (Lipinski definition) is 4. The lowest BCUT2D eigenvalue weighted by molar-refractivity contribution is 0.0953. The Hall–Kier alpha value is -3.67. The van der Waals surface area contributed by atoms with Crippen LogP contribution >= 0.6 is 0 Å². The zero-order valence-electron chi connectivity index (χ0n) is 14.8. The molecule has 1 heterocycles. The largest absolute Gasteiger partial charge is 0.508 e. The Morgan fingerprint density at radius 3 is 2.67 bits per heavy atom. The molecule has 0 aliphatic heterocycles. The Balaban J connectivity index is 1.73. The molecule has 1 amide bonds. The van der Waals surface area contributed by atoms with Crippen molar-refractivity contribution in [2.75, 3.05) is 0 Å². The summed E-state index contributed by atoms with van der Waals surface area (Å²) in [5, 5.41) is 13.1. The fourth-order valence-corrected chi connectivity index (χ4v) is 2.63. The van der Waals surface area contributed by atoms with Crippen LogP contribution in [0.25, 0.3) is 0 Å². The molecule has 0 aliphatic carbocycles. The lowest BCUT2D eigenvalue weighted by atomic mass is 10.1. The molecule has 0 spiro atoms. The molecular weight excluding hydrogens is 342 g/mol. The van der Waals surface area contributed by atoms with Crippen molar-refractivity contribution in [2.45, 2.75) is 13.5 Å². The molecule has 0 radical (unpaired) electrons. The first kappa shape index (κ1) is 18.1. The van der Waals surface area contributed by atoms with Crippen LogP contribution < -0.4 is 11.0 Å². The first-order chi connectivity index (χ1) is 13.0. The number of aromatic nitrogens is 1. The van der Waals surface area contributed by atoms with E-state index in [2.05, 4.69) is 10.5 Å². The van der Waals surface area contributed by atoms with Crippen molar-refractivity contribution in [3.05, 3.63) is 99.5 Å². The number of nitrogens with one attached hydrogen (secondary N) is 1. The fraction of sp³-hybridized carbons (Fsp3) is 0.0952. The molecule has 3 aromatic rings. The van der Waals surface area contributed by atoms with Gasteiger partial charge in [0, 0.05) is 6.20 Å². The van der Waals surface area contributed by atoms with Gasteiger partial charge in [-0.05, 0) is 54.4 Å². The number of phenolic OH excluding ortho intramolecular Hbond substituents is 1. The maximum atomic E-state index is 12.6. The van der Waals surface area contributed by atoms with Gasteiger partial charge < -0.3 is 9.67 Å². The van der Waals surface area contributed by atoms with Crippen molar-refractivity contribution in [1.82, 2.24) is 9.99 Å². The first-order valence-corrected chi connectivity index (χ1v) is 8.40. The van der Waals surface area contributed by atoms with E-state index in [1.807, 2.05) is 31.2 Å². The maximum Gasteiger partial charge on any atom is 0.276 e. The first-order valence-electron chi connectivity index (χ1n) is 8.40. The lowest BCUT2D eigenvalue weighted by Crippen LogP contribution is -2.30. The van der Waals surface area contributed by atoms with Gasteiger partial charge in [-0.25, -0.2) is 5.43 Å². The number of carbonyl (C=O) groups excluding carboxylic acids is 1. The van der Waals surface area contributed by atoms with Crippen LogP contribution in [0.5, 0.6) is 5.75 Å². The summed E-state index contributed by atoms with van der Waals surface area (Å²) < 4.78 is 1.49. The van der Waals surface area contributed by atoms with Gasteiger partial charge in [-0.15, -0.1) is 0 Å².